The van der Waals surface area contributed by atoms with Crippen LogP contribution in [0.3, 0.4) is 0 Å². The minimum Gasteiger partial charge on any atom is -0.457 e. The van der Waals surface area contributed by atoms with Crippen LogP contribution < -0.4 is 5.73 Å². The molecule has 3 N–H and O–H groups in total. The molecule has 0 saturated heterocycles. The van der Waals surface area contributed by atoms with Crippen molar-refractivity contribution in [3.8, 4) is 0 Å². The van der Waals surface area contributed by atoms with Gasteiger partial charge in [0.2, 0.25) is 0 Å². The van der Waals surface area contributed by atoms with E-state index >= 15 is 0 Å². The fourth-order valence-electron chi connectivity index (χ4n) is 4.46. The number of ether oxygens (including phenoxy) is 2. The molecule has 0 rings (SSSR count). The molecule has 0 aromatic rings. The summed E-state index contributed by atoms with van der Waals surface area (Å²) in [6.45, 7) is 4.83. The average molecular weight is 606 g/mol. The van der Waals surface area contributed by atoms with Crippen LogP contribution in [-0.2, 0) is 27.9 Å². The number of hydrogen-bond donors (Lipinski definition) is 2. The largest absolute Gasteiger partial charge is 0.472 e. The van der Waals surface area contributed by atoms with Crippen LogP contribution in [0.1, 0.15) is 149 Å². The van der Waals surface area contributed by atoms with Gasteiger partial charge < -0.3 is 20.1 Å². The van der Waals surface area contributed by atoms with E-state index in [2.05, 4.69) is 26.0 Å². The Kier molecular flexibility index (Phi) is 30.1. The molecule has 0 aliphatic carbocycles. The molecule has 2 atom stereocenters. The summed E-state index contributed by atoms with van der Waals surface area (Å²) < 4.78 is 33.0. The molecule has 0 aliphatic heterocycles. The predicted molar refractivity (Wildman–Crippen MR) is 169 cm³/mol. The zero-order chi connectivity index (χ0) is 30.3. The van der Waals surface area contributed by atoms with Gasteiger partial charge in [-0.05, 0) is 38.5 Å². The lowest BCUT2D eigenvalue weighted by atomic mass is 10.1. The van der Waals surface area contributed by atoms with Crippen LogP contribution in [0.25, 0.3) is 0 Å². The van der Waals surface area contributed by atoms with Gasteiger partial charge in [0.25, 0.3) is 0 Å². The molecule has 0 saturated carbocycles. The number of rotatable bonds is 32. The number of allylic oxidation sites excluding steroid dienone is 2. The normalized spacial score (nSPS) is 14.0. The zero-order valence-electron chi connectivity index (χ0n) is 26.5. The highest BCUT2D eigenvalue weighted by molar-refractivity contribution is 7.47. The average Bonchev–Trinajstić information content (AvgIpc) is 2.96. The van der Waals surface area contributed by atoms with E-state index in [1.165, 1.54) is 96.3 Å². The molecular formula is C32H64NO7P. The lowest BCUT2D eigenvalue weighted by Crippen LogP contribution is -2.28. The number of phosphoric acid groups is 1. The molecule has 0 aromatic heterocycles. The topological polar surface area (TPSA) is 117 Å². The van der Waals surface area contributed by atoms with Crippen molar-refractivity contribution in [2.45, 2.75) is 155 Å². The molecule has 0 spiro atoms. The van der Waals surface area contributed by atoms with E-state index in [0.29, 0.717) is 13.0 Å². The number of nitrogens with two attached hydrogens (primary N) is 1. The summed E-state index contributed by atoms with van der Waals surface area (Å²) >= 11 is 0. The maximum Gasteiger partial charge on any atom is 0.472 e. The van der Waals surface area contributed by atoms with Crippen molar-refractivity contribution < 1.29 is 32.8 Å². The van der Waals surface area contributed by atoms with Crippen LogP contribution in [0.5, 0.6) is 0 Å². The number of hydrogen-bond acceptors (Lipinski definition) is 7. The minimum absolute atomic E-state index is 0.0945. The molecular weight excluding hydrogens is 541 g/mol. The van der Waals surface area contributed by atoms with Gasteiger partial charge in [-0.25, -0.2) is 4.57 Å². The van der Waals surface area contributed by atoms with Crippen LogP contribution in [0, 0.1) is 0 Å². The first-order chi connectivity index (χ1) is 19.9. The number of phosphoric ester groups is 1. The summed E-state index contributed by atoms with van der Waals surface area (Å²) in [5.74, 6) is -0.342. The summed E-state index contributed by atoms with van der Waals surface area (Å²) in [6, 6.07) is 0. The quantitative estimate of drug-likeness (QED) is 0.0338. The first kappa shape index (κ1) is 40.2. The maximum atomic E-state index is 12.3. The van der Waals surface area contributed by atoms with E-state index in [-0.39, 0.29) is 32.3 Å². The van der Waals surface area contributed by atoms with Gasteiger partial charge in [-0.2, -0.15) is 0 Å². The van der Waals surface area contributed by atoms with Crippen molar-refractivity contribution in [2.75, 3.05) is 33.0 Å². The Morgan fingerprint density at radius 2 is 1.22 bits per heavy atom. The third-order valence-electron chi connectivity index (χ3n) is 6.93. The lowest BCUT2D eigenvalue weighted by Gasteiger charge is -2.20. The molecule has 244 valence electrons. The molecule has 0 bridgehead atoms. The number of esters is 1. The van der Waals surface area contributed by atoms with Gasteiger partial charge in [0.1, 0.15) is 6.10 Å². The van der Waals surface area contributed by atoms with Crippen LogP contribution in [0.15, 0.2) is 12.2 Å². The van der Waals surface area contributed by atoms with Crippen LogP contribution in [-0.4, -0.2) is 49.9 Å². The molecule has 8 nitrogen and oxygen atoms in total. The maximum absolute atomic E-state index is 12.3. The van der Waals surface area contributed by atoms with E-state index in [4.69, 9.17) is 24.3 Å². The second-order valence-electron chi connectivity index (χ2n) is 11.0. The third-order valence-corrected chi connectivity index (χ3v) is 7.92. The van der Waals surface area contributed by atoms with Crippen molar-refractivity contribution in [1.82, 2.24) is 0 Å². The highest BCUT2D eigenvalue weighted by Crippen LogP contribution is 2.43. The van der Waals surface area contributed by atoms with Crippen molar-refractivity contribution >= 4 is 13.8 Å². The van der Waals surface area contributed by atoms with Gasteiger partial charge in [-0.3, -0.25) is 13.8 Å². The van der Waals surface area contributed by atoms with Crippen molar-refractivity contribution in [3.63, 3.8) is 0 Å². The Morgan fingerprint density at radius 1 is 0.707 bits per heavy atom. The fourth-order valence-corrected chi connectivity index (χ4v) is 5.23. The standard InChI is InChI=1S/C32H64NO7P/c1-3-5-7-9-11-12-13-14-15-16-17-18-19-20-22-24-27-37-29-31(30-39-41(35,36)38-28-26-33)40-32(34)25-23-21-10-8-6-4-2/h14-15,31H,3-13,16-30,33H2,1-2H3,(H,35,36)/b15-14-. The lowest BCUT2D eigenvalue weighted by molar-refractivity contribution is -0.154. The highest BCUT2D eigenvalue weighted by atomic mass is 31.2. The monoisotopic (exact) mass is 605 g/mol. The Balaban J connectivity index is 4.02. The Morgan fingerprint density at radius 3 is 1.78 bits per heavy atom. The zero-order valence-corrected chi connectivity index (χ0v) is 27.4. The van der Waals surface area contributed by atoms with Gasteiger partial charge in [-0.1, -0.05) is 116 Å². The predicted octanol–water partition coefficient (Wildman–Crippen LogP) is 8.80. The molecule has 0 amide bonds. The van der Waals surface area contributed by atoms with Gasteiger partial charge in [0.15, 0.2) is 0 Å². The van der Waals surface area contributed by atoms with Crippen LogP contribution in [0.4, 0.5) is 0 Å². The van der Waals surface area contributed by atoms with E-state index in [0.717, 1.165) is 32.1 Å². The Bertz CT molecular complexity index is 648. The second kappa shape index (κ2) is 30.7. The summed E-state index contributed by atoms with van der Waals surface area (Å²) in [6.07, 6.45) is 28.2. The number of carbonyl (C=O) groups excluding carboxylic acids is 1. The molecule has 0 fully saturated rings. The van der Waals surface area contributed by atoms with Crippen LogP contribution in [0.2, 0.25) is 0 Å². The smallest absolute Gasteiger partial charge is 0.457 e. The number of unbranched alkanes of at least 4 members (excludes halogenated alkanes) is 17. The highest BCUT2D eigenvalue weighted by Gasteiger charge is 2.25. The second-order valence-corrected chi connectivity index (χ2v) is 12.5. The van der Waals surface area contributed by atoms with Gasteiger partial charge in [-0.15, -0.1) is 0 Å². The summed E-state index contributed by atoms with van der Waals surface area (Å²) in [4.78, 5) is 22.1. The molecule has 9 heteroatoms. The van der Waals surface area contributed by atoms with Gasteiger partial charge >= 0.3 is 13.8 Å². The first-order valence-electron chi connectivity index (χ1n) is 16.7. The molecule has 0 heterocycles. The fraction of sp³-hybridized carbons (Fsp3) is 0.906. The summed E-state index contributed by atoms with van der Waals surface area (Å²) in [5.41, 5.74) is 5.32. The van der Waals surface area contributed by atoms with E-state index in [9.17, 15) is 14.3 Å². The number of carbonyl (C=O) groups is 1. The molecule has 0 aromatic carbocycles. The molecule has 41 heavy (non-hydrogen) atoms. The SMILES string of the molecule is CCCCCCCC/C=C\CCCCCCCCOCC(COP(=O)(O)OCCN)OC(=O)CCCCCCCC. The van der Waals surface area contributed by atoms with E-state index in [1.807, 2.05) is 0 Å². The molecule has 0 aliphatic rings. The Hall–Kier alpha value is -0.760. The summed E-state index contributed by atoms with van der Waals surface area (Å²) in [5, 5.41) is 0. The van der Waals surface area contributed by atoms with Crippen LogP contribution >= 0.6 is 7.82 Å². The Labute approximate surface area is 252 Å². The van der Waals surface area contributed by atoms with E-state index < -0.39 is 13.9 Å². The molecule has 0 radical (unpaired) electrons. The summed E-state index contributed by atoms with van der Waals surface area (Å²) in [7, 11) is -4.25. The third kappa shape index (κ3) is 30.5. The van der Waals surface area contributed by atoms with Crippen molar-refractivity contribution in [1.29, 1.82) is 0 Å². The van der Waals surface area contributed by atoms with Crippen molar-refractivity contribution in [3.05, 3.63) is 12.2 Å². The minimum atomic E-state index is -4.25. The van der Waals surface area contributed by atoms with Gasteiger partial charge in [0.05, 0.1) is 19.8 Å². The van der Waals surface area contributed by atoms with E-state index in [1.54, 1.807) is 0 Å². The first-order valence-corrected chi connectivity index (χ1v) is 18.2. The van der Waals surface area contributed by atoms with Crippen molar-refractivity contribution in [2.24, 2.45) is 5.73 Å². The van der Waals surface area contributed by atoms with Gasteiger partial charge in [0, 0.05) is 19.6 Å². The molecule has 2 unspecified atom stereocenters.